The van der Waals surface area contributed by atoms with E-state index in [0.717, 1.165) is 25.7 Å². The van der Waals surface area contributed by atoms with Crippen LogP contribution in [-0.2, 0) is 16.6 Å². The first-order valence-corrected chi connectivity index (χ1v) is 8.55. The van der Waals surface area contributed by atoms with E-state index in [2.05, 4.69) is 0 Å². The Balaban J connectivity index is 2.49. The first kappa shape index (κ1) is 15.5. The van der Waals surface area contributed by atoms with E-state index in [4.69, 9.17) is 4.42 Å². The lowest BCUT2D eigenvalue weighted by molar-refractivity contribution is 0.275. The van der Waals surface area contributed by atoms with Crippen LogP contribution >= 0.6 is 0 Å². The molecule has 6 heteroatoms. The highest BCUT2D eigenvalue weighted by molar-refractivity contribution is 7.89. The van der Waals surface area contributed by atoms with Crippen molar-refractivity contribution < 1.29 is 17.9 Å². The van der Waals surface area contributed by atoms with Crippen LogP contribution in [0.3, 0.4) is 0 Å². The van der Waals surface area contributed by atoms with Gasteiger partial charge in [-0.2, -0.15) is 4.31 Å². The topological polar surface area (TPSA) is 70.8 Å². The summed E-state index contributed by atoms with van der Waals surface area (Å²) in [6.45, 7) is 5.49. The number of aliphatic hydroxyl groups excluding tert-OH is 1. The molecule has 1 aliphatic rings. The molecule has 1 aliphatic heterocycles. The summed E-state index contributed by atoms with van der Waals surface area (Å²) in [7, 11) is -3.61. The minimum absolute atomic E-state index is 0.0105. The number of hydrogen-bond donors (Lipinski definition) is 1. The van der Waals surface area contributed by atoms with Crippen LogP contribution in [0.4, 0.5) is 0 Å². The highest BCUT2D eigenvalue weighted by atomic mass is 32.2. The lowest BCUT2D eigenvalue weighted by Crippen LogP contribution is -2.38. The molecule has 2 heterocycles. The zero-order valence-corrected chi connectivity index (χ0v) is 13.2. The Labute approximate surface area is 120 Å². The van der Waals surface area contributed by atoms with E-state index in [9.17, 15) is 13.5 Å². The molecule has 2 rings (SSSR count). The molecule has 0 saturated carbocycles. The minimum Gasteiger partial charge on any atom is -0.465 e. The van der Waals surface area contributed by atoms with Crippen molar-refractivity contribution in [2.24, 2.45) is 0 Å². The summed E-state index contributed by atoms with van der Waals surface area (Å²) in [5.41, 5.74) is 0.388. The highest BCUT2D eigenvalue weighted by Gasteiger charge is 2.35. The van der Waals surface area contributed by atoms with Crippen molar-refractivity contribution in [1.29, 1.82) is 0 Å². The molecule has 1 atom stereocenters. The van der Waals surface area contributed by atoms with Crippen molar-refractivity contribution in [2.75, 3.05) is 6.54 Å². The number of aryl methyl sites for hydroxylation is 2. The van der Waals surface area contributed by atoms with Gasteiger partial charge in [0.15, 0.2) is 0 Å². The molecule has 1 unspecified atom stereocenters. The Hall–Kier alpha value is -0.850. The second kappa shape index (κ2) is 5.87. The van der Waals surface area contributed by atoms with E-state index in [-0.39, 0.29) is 17.5 Å². The van der Waals surface area contributed by atoms with Gasteiger partial charge < -0.3 is 9.52 Å². The summed E-state index contributed by atoms with van der Waals surface area (Å²) in [4.78, 5) is 0.159. The van der Waals surface area contributed by atoms with Gasteiger partial charge in [0, 0.05) is 18.2 Å². The van der Waals surface area contributed by atoms with Crippen LogP contribution in [0.5, 0.6) is 0 Å². The monoisotopic (exact) mass is 301 g/mol. The van der Waals surface area contributed by atoms with Gasteiger partial charge in [-0.05, 0) is 33.6 Å². The molecule has 0 amide bonds. The van der Waals surface area contributed by atoms with Crippen LogP contribution in [0.1, 0.15) is 49.7 Å². The Morgan fingerprint density at radius 3 is 2.60 bits per heavy atom. The lowest BCUT2D eigenvalue weighted by atomic mass is 10.1. The van der Waals surface area contributed by atoms with E-state index in [1.54, 1.807) is 18.2 Å². The second-order valence-corrected chi connectivity index (χ2v) is 7.32. The minimum atomic E-state index is -3.61. The SMILES string of the molecule is Cc1oc(C)c(S(=O)(=O)N2CCCCCC2C)c1CO. The van der Waals surface area contributed by atoms with Crippen molar-refractivity contribution in [1.82, 2.24) is 4.31 Å². The highest BCUT2D eigenvalue weighted by Crippen LogP contribution is 2.32. The van der Waals surface area contributed by atoms with E-state index in [0.29, 0.717) is 23.6 Å². The Morgan fingerprint density at radius 2 is 1.95 bits per heavy atom. The Morgan fingerprint density at radius 1 is 1.25 bits per heavy atom. The maximum atomic E-state index is 12.9. The number of hydrogen-bond acceptors (Lipinski definition) is 4. The molecule has 0 radical (unpaired) electrons. The second-order valence-electron chi connectivity index (χ2n) is 5.49. The zero-order chi connectivity index (χ0) is 14.9. The van der Waals surface area contributed by atoms with E-state index in [1.807, 2.05) is 6.92 Å². The molecular formula is C14H23NO4S. The molecule has 5 nitrogen and oxygen atoms in total. The fourth-order valence-electron chi connectivity index (χ4n) is 2.95. The van der Waals surface area contributed by atoms with Crippen molar-refractivity contribution in [2.45, 2.75) is 64.0 Å². The molecule has 1 saturated heterocycles. The third-order valence-electron chi connectivity index (χ3n) is 4.04. The molecule has 0 aliphatic carbocycles. The molecule has 1 aromatic rings. The summed E-state index contributed by atoms with van der Waals surface area (Å²) in [6, 6.07) is -0.0105. The summed E-state index contributed by atoms with van der Waals surface area (Å²) < 4.78 is 32.8. The van der Waals surface area contributed by atoms with E-state index < -0.39 is 10.0 Å². The van der Waals surface area contributed by atoms with Gasteiger partial charge in [0.1, 0.15) is 16.4 Å². The maximum absolute atomic E-state index is 12.9. The average molecular weight is 301 g/mol. The van der Waals surface area contributed by atoms with Crippen LogP contribution in [0.25, 0.3) is 0 Å². The predicted molar refractivity (Wildman–Crippen MR) is 75.9 cm³/mol. The predicted octanol–water partition coefficient (Wildman–Crippen LogP) is 2.34. The molecule has 0 bridgehead atoms. The van der Waals surface area contributed by atoms with Gasteiger partial charge in [-0.15, -0.1) is 0 Å². The first-order valence-electron chi connectivity index (χ1n) is 7.11. The van der Waals surface area contributed by atoms with Gasteiger partial charge in [-0.3, -0.25) is 0 Å². The largest absolute Gasteiger partial charge is 0.465 e. The van der Waals surface area contributed by atoms with Crippen molar-refractivity contribution in [3.8, 4) is 0 Å². The van der Waals surface area contributed by atoms with E-state index in [1.165, 1.54) is 0 Å². The van der Waals surface area contributed by atoms with Crippen molar-refractivity contribution in [3.05, 3.63) is 17.1 Å². The summed E-state index contributed by atoms with van der Waals surface area (Å²) >= 11 is 0. The van der Waals surface area contributed by atoms with E-state index >= 15 is 0 Å². The molecule has 0 aromatic carbocycles. The molecule has 0 spiro atoms. The third kappa shape index (κ3) is 2.64. The number of aliphatic hydroxyl groups is 1. The summed E-state index contributed by atoms with van der Waals surface area (Å²) in [6.07, 6.45) is 3.88. The van der Waals surface area contributed by atoms with Gasteiger partial charge in [0.2, 0.25) is 10.0 Å². The zero-order valence-electron chi connectivity index (χ0n) is 12.3. The first-order chi connectivity index (χ1) is 9.39. The van der Waals surface area contributed by atoms with Crippen LogP contribution in [0, 0.1) is 13.8 Å². The molecule has 1 fully saturated rings. The van der Waals surface area contributed by atoms with Gasteiger partial charge in [-0.25, -0.2) is 8.42 Å². The van der Waals surface area contributed by atoms with Crippen LogP contribution in [0.15, 0.2) is 9.31 Å². The van der Waals surface area contributed by atoms with Crippen molar-refractivity contribution in [3.63, 3.8) is 0 Å². The Kier molecular flexibility index (Phi) is 4.56. The molecule has 1 aromatic heterocycles. The molecule has 20 heavy (non-hydrogen) atoms. The number of rotatable bonds is 3. The molecular weight excluding hydrogens is 278 g/mol. The number of sulfonamides is 1. The fraction of sp³-hybridized carbons (Fsp3) is 0.714. The van der Waals surface area contributed by atoms with Crippen LogP contribution in [-0.4, -0.2) is 30.4 Å². The van der Waals surface area contributed by atoms with Gasteiger partial charge >= 0.3 is 0 Å². The standard InChI is InChI=1S/C14H23NO4S/c1-10-7-5-4-6-8-15(10)20(17,18)14-12(3)19-11(2)13(14)9-16/h10,16H,4-9H2,1-3H3. The number of furan rings is 1. The van der Waals surface area contributed by atoms with Gasteiger partial charge in [0.05, 0.1) is 6.61 Å². The Bertz CT molecular complexity index is 576. The molecule has 114 valence electrons. The fourth-order valence-corrected chi connectivity index (χ4v) is 5.06. The summed E-state index contributed by atoms with van der Waals surface area (Å²) in [5.74, 6) is 0.842. The van der Waals surface area contributed by atoms with Crippen molar-refractivity contribution >= 4 is 10.0 Å². The van der Waals surface area contributed by atoms with Crippen LogP contribution < -0.4 is 0 Å². The van der Waals surface area contributed by atoms with Gasteiger partial charge in [0.25, 0.3) is 0 Å². The normalized spacial score (nSPS) is 21.9. The average Bonchev–Trinajstić information content (AvgIpc) is 2.54. The number of nitrogens with zero attached hydrogens (tertiary/aromatic N) is 1. The maximum Gasteiger partial charge on any atom is 0.247 e. The van der Waals surface area contributed by atoms with Crippen LogP contribution in [0.2, 0.25) is 0 Å². The summed E-state index contributed by atoms with van der Waals surface area (Å²) in [5, 5.41) is 9.45. The molecule has 1 N–H and O–H groups in total. The third-order valence-corrected chi connectivity index (χ3v) is 6.25. The van der Waals surface area contributed by atoms with Gasteiger partial charge in [-0.1, -0.05) is 12.8 Å². The lowest BCUT2D eigenvalue weighted by Gasteiger charge is -2.26. The quantitative estimate of drug-likeness (QED) is 0.930. The smallest absolute Gasteiger partial charge is 0.247 e.